The van der Waals surface area contributed by atoms with Gasteiger partial charge in [-0.25, -0.2) is 17.6 Å². The topological polar surface area (TPSA) is 440 Å². The molecule has 5 heterocycles. The third kappa shape index (κ3) is 24.4. The summed E-state index contributed by atoms with van der Waals surface area (Å²) in [4.78, 5) is 158. The Morgan fingerprint density at radius 2 is 0.971 bits per heavy atom. The molecule has 7 amide bonds. The van der Waals surface area contributed by atoms with E-state index in [2.05, 4.69) is 36.6 Å². The maximum atomic E-state index is 14.0. The molecule has 9 N–H and O–H groups in total. The number of aromatic nitrogens is 2. The van der Waals surface area contributed by atoms with E-state index in [1.807, 2.05) is 0 Å². The van der Waals surface area contributed by atoms with Crippen LogP contribution < -0.4 is 36.1 Å². The number of amides is 7. The number of rotatable bonds is 34. The van der Waals surface area contributed by atoms with Crippen LogP contribution in [0.25, 0.3) is 21.8 Å². The molecule has 4 atom stereocenters. The van der Waals surface area contributed by atoms with Crippen molar-refractivity contribution in [2.45, 2.75) is 100 Å². The van der Waals surface area contributed by atoms with Gasteiger partial charge in [-0.1, -0.05) is 0 Å². The summed E-state index contributed by atoms with van der Waals surface area (Å²) in [5.74, 6) is -15.8. The molecular weight excluding hydrogens is 1350 g/mol. The molecule has 550 valence electrons. The Kier molecular flexibility index (Phi) is 29.3. The van der Waals surface area contributed by atoms with Gasteiger partial charge in [0, 0.05) is 114 Å². The molecule has 0 radical (unpaired) electrons. The first-order valence-corrected chi connectivity index (χ1v) is 33.0. The van der Waals surface area contributed by atoms with E-state index in [9.17, 15) is 101 Å². The van der Waals surface area contributed by atoms with Gasteiger partial charge in [0.15, 0.2) is 0 Å². The Labute approximate surface area is 582 Å². The fourth-order valence-corrected chi connectivity index (χ4v) is 11.9. The molecule has 7 rings (SSSR count). The number of hydrogen-bond donors (Lipinski definition) is 9. The monoisotopic (exact) mass is 1430 g/mol. The number of hydrogen-bond acceptors (Lipinski definition) is 21. The fraction of sp³-hybridized carbons (Fsp3) is 0.530. The zero-order valence-corrected chi connectivity index (χ0v) is 55.7. The number of benzene rings is 2. The number of nitrogens with zero attached hydrogens (tertiary/aromatic N) is 10. The lowest BCUT2D eigenvalue weighted by Gasteiger charge is -2.35. The van der Waals surface area contributed by atoms with Crippen LogP contribution in [0.1, 0.15) is 84.9 Å². The van der Waals surface area contributed by atoms with Crippen LogP contribution in [0.2, 0.25) is 0 Å². The van der Waals surface area contributed by atoms with Gasteiger partial charge >= 0.3 is 23.9 Å². The SMILES string of the molecule is N#C[C@@H]1CC(F)(F)CN1C(=O)CNC(=O)c1ccnc2ccc(OCCCCNC(=O)[C@H](CCC(=O)NCCCCOc3ccc4nccc(C(=O)NCC(=O)N5CC(F)(F)C[C@@H]5C#N)c4c3)NC(=O)CCC(C(=O)O)N3CCN(CC(=O)O)CCN(CC(=O)O)CCN(CC(=O)O)CC3)cc12. The summed E-state index contributed by atoms with van der Waals surface area (Å²) in [6, 6.07) is 10.3. The second-order valence-electron chi connectivity index (χ2n) is 24.7. The van der Waals surface area contributed by atoms with E-state index in [4.69, 9.17) is 9.47 Å². The molecule has 4 aromatic rings. The number of likely N-dealkylation sites (tertiary alicyclic amines) is 2. The summed E-state index contributed by atoms with van der Waals surface area (Å²) in [7, 11) is 0. The summed E-state index contributed by atoms with van der Waals surface area (Å²) in [5, 5.41) is 71.8. The molecular formula is C66H81F4N15O17. The number of unbranched alkanes of at least 4 members (excludes halogenated alkanes) is 2. The van der Waals surface area contributed by atoms with Crippen molar-refractivity contribution in [3.05, 3.63) is 72.1 Å². The van der Waals surface area contributed by atoms with E-state index in [0.717, 1.165) is 9.80 Å². The van der Waals surface area contributed by atoms with E-state index in [1.165, 1.54) is 39.2 Å². The van der Waals surface area contributed by atoms with Gasteiger partial charge in [0.25, 0.3) is 23.7 Å². The average molecular weight is 1430 g/mol. The van der Waals surface area contributed by atoms with Gasteiger partial charge in [0.05, 0.1) is 93.3 Å². The van der Waals surface area contributed by atoms with Gasteiger partial charge in [-0.2, -0.15) is 10.5 Å². The van der Waals surface area contributed by atoms with Crippen molar-refractivity contribution in [2.75, 3.05) is 124 Å². The van der Waals surface area contributed by atoms with Crippen molar-refractivity contribution in [1.29, 1.82) is 10.5 Å². The first kappa shape index (κ1) is 78.9. The lowest BCUT2D eigenvalue weighted by molar-refractivity contribution is -0.145. The minimum atomic E-state index is -3.25. The van der Waals surface area contributed by atoms with Gasteiger partial charge in [0.2, 0.25) is 29.5 Å². The first-order valence-electron chi connectivity index (χ1n) is 33.0. The molecule has 3 aliphatic heterocycles. The number of alkyl halides is 4. The Hall–Kier alpha value is -10.4. The smallest absolute Gasteiger partial charge is 0.320 e. The van der Waals surface area contributed by atoms with Crippen molar-refractivity contribution >= 4 is 87.0 Å². The quantitative estimate of drug-likeness (QED) is 0.0232. The molecule has 32 nitrogen and oxygen atoms in total. The number of carboxylic acid groups (broad SMARTS) is 4. The van der Waals surface area contributed by atoms with Gasteiger partial charge in [0.1, 0.15) is 35.7 Å². The number of halogens is 4. The highest BCUT2D eigenvalue weighted by molar-refractivity contribution is 6.08. The summed E-state index contributed by atoms with van der Waals surface area (Å²) >= 11 is 0. The second kappa shape index (κ2) is 37.8. The number of pyridine rings is 2. The molecule has 3 aliphatic rings. The summed E-state index contributed by atoms with van der Waals surface area (Å²) < 4.78 is 67.8. The molecule has 0 spiro atoms. The van der Waals surface area contributed by atoms with Crippen LogP contribution in [-0.4, -0.2) is 286 Å². The van der Waals surface area contributed by atoms with Gasteiger partial charge < -0.3 is 66.3 Å². The van der Waals surface area contributed by atoms with Crippen molar-refractivity contribution in [3.63, 3.8) is 0 Å². The van der Waals surface area contributed by atoms with E-state index in [1.54, 1.807) is 53.4 Å². The number of carbonyl (C=O) groups excluding carboxylic acids is 7. The standard InChI is InChI=1S/C66H81F4N15O17/c67-65(68)31-42(33-71)84(40-65)56(88)35-77-61(96)46-13-17-73-50-7-5-44(29-48(46)50)101-27-3-1-15-75-54(86)11-9-52(79-55(87)12-10-53(64(99)100)83-25-23-81(38-59(92)93)21-19-80(37-58(90)91)20-22-82(24-26-83)39-60(94)95)63(98)76-16-2-4-28-102-45-6-8-51-49(30-45)47(14-18-74-51)62(97)78-36-57(89)85-41-66(69,70)32-43(85)34-72/h5-8,13-14,17-18,29-30,42-43,52-53H,1-4,9-12,15-16,19-28,31-32,35-41H2,(H,75,86)(H,76,98)(H,77,96)(H,78,97)(H,79,87)(H,90,91)(H,92,93)(H,94,95)(H,99,100)/t42-,43+,52+,53?/m1/s1. The number of carbonyl (C=O) groups is 11. The highest BCUT2D eigenvalue weighted by Gasteiger charge is 2.48. The molecule has 36 heteroatoms. The van der Waals surface area contributed by atoms with Crippen LogP contribution >= 0.6 is 0 Å². The normalized spacial score (nSPS) is 18.1. The summed E-state index contributed by atoms with van der Waals surface area (Å²) in [6.45, 7) is -3.84. The average Bonchev–Trinajstić information content (AvgIpc) is 1.74. The summed E-state index contributed by atoms with van der Waals surface area (Å²) in [5.41, 5.74) is 1.00. The van der Waals surface area contributed by atoms with Crippen LogP contribution in [0.4, 0.5) is 17.6 Å². The lowest BCUT2D eigenvalue weighted by Crippen LogP contribution is -2.52. The minimum Gasteiger partial charge on any atom is -0.494 e. The second-order valence-corrected chi connectivity index (χ2v) is 24.7. The van der Waals surface area contributed by atoms with Crippen LogP contribution in [0.5, 0.6) is 11.5 Å². The van der Waals surface area contributed by atoms with Gasteiger partial charge in [-0.15, -0.1) is 0 Å². The molecule has 1 unspecified atom stereocenters. The molecule has 0 aliphatic carbocycles. The third-order valence-electron chi connectivity index (χ3n) is 17.1. The number of aliphatic carboxylic acids is 4. The zero-order valence-electron chi connectivity index (χ0n) is 55.7. The van der Waals surface area contributed by atoms with Crippen molar-refractivity contribution in [1.82, 2.24) is 66.0 Å². The largest absolute Gasteiger partial charge is 0.494 e. The highest BCUT2D eigenvalue weighted by atomic mass is 19.3. The van der Waals surface area contributed by atoms with Crippen molar-refractivity contribution in [3.8, 4) is 23.6 Å². The number of nitriles is 2. The number of nitrogens with one attached hydrogen (secondary N) is 5. The van der Waals surface area contributed by atoms with Crippen molar-refractivity contribution < 1.29 is 100 Å². The van der Waals surface area contributed by atoms with Gasteiger partial charge in [-0.3, -0.25) is 82.3 Å². The van der Waals surface area contributed by atoms with E-state index in [0.29, 0.717) is 59.0 Å². The molecule has 2 aromatic heterocycles. The number of fused-ring (bicyclic) bond motifs is 2. The third-order valence-corrected chi connectivity index (χ3v) is 17.1. The fourth-order valence-electron chi connectivity index (χ4n) is 11.9. The maximum absolute atomic E-state index is 14.0. The predicted octanol–water partition coefficient (Wildman–Crippen LogP) is 0.987. The van der Waals surface area contributed by atoms with Crippen LogP contribution in [0.3, 0.4) is 0 Å². The van der Waals surface area contributed by atoms with Gasteiger partial charge in [-0.05, 0) is 87.1 Å². The molecule has 0 saturated carbocycles. The number of ether oxygens (including phenoxy) is 2. The minimum absolute atomic E-state index is 0.00522. The van der Waals surface area contributed by atoms with E-state index < -0.39 is 166 Å². The Morgan fingerprint density at radius 3 is 1.39 bits per heavy atom. The first-order chi connectivity index (χ1) is 48.6. The summed E-state index contributed by atoms with van der Waals surface area (Å²) in [6.07, 6.45) is 1.35. The van der Waals surface area contributed by atoms with Crippen LogP contribution in [-0.2, 0) is 43.2 Å². The molecule has 0 bridgehead atoms. The lowest BCUT2D eigenvalue weighted by atomic mass is 10.1. The molecule has 3 fully saturated rings. The molecule has 102 heavy (non-hydrogen) atoms. The van der Waals surface area contributed by atoms with E-state index >= 15 is 0 Å². The Morgan fingerprint density at radius 1 is 0.549 bits per heavy atom. The molecule has 3 saturated heterocycles. The molecule has 2 aromatic carbocycles. The van der Waals surface area contributed by atoms with Crippen LogP contribution in [0, 0.1) is 22.7 Å². The predicted molar refractivity (Wildman–Crippen MR) is 351 cm³/mol. The highest BCUT2D eigenvalue weighted by Crippen LogP contribution is 2.33. The Balaban J connectivity index is 0.937. The Bertz CT molecular complexity index is 3750. The van der Waals surface area contributed by atoms with E-state index in [-0.39, 0.29) is 109 Å². The zero-order chi connectivity index (χ0) is 74.1. The van der Waals surface area contributed by atoms with Crippen LogP contribution in [0.15, 0.2) is 60.9 Å². The maximum Gasteiger partial charge on any atom is 0.320 e. The van der Waals surface area contributed by atoms with Crippen molar-refractivity contribution in [2.24, 2.45) is 0 Å². The number of carboxylic acids is 4.